The molecule has 0 unspecified atom stereocenters. The van der Waals surface area contributed by atoms with Crippen LogP contribution >= 0.6 is 0 Å². The van der Waals surface area contributed by atoms with E-state index in [-0.39, 0.29) is 5.41 Å². The number of hydrogen-bond acceptors (Lipinski definition) is 3. The third kappa shape index (κ3) is 7.08. The summed E-state index contributed by atoms with van der Waals surface area (Å²) < 4.78 is 10.6. The molecule has 3 nitrogen and oxygen atoms in total. The molecule has 0 atom stereocenters. The van der Waals surface area contributed by atoms with Crippen LogP contribution in [0.1, 0.15) is 50.7 Å². The Bertz CT molecular complexity index is 475. The van der Waals surface area contributed by atoms with Crippen molar-refractivity contribution in [3.8, 4) is 0 Å². The molecule has 0 saturated carbocycles. The van der Waals surface area contributed by atoms with Crippen molar-refractivity contribution < 1.29 is 9.47 Å². The van der Waals surface area contributed by atoms with E-state index in [0.29, 0.717) is 6.61 Å². The number of hydrogen-bond donors (Lipinski definition) is 0. The molecule has 0 N–H and O–H groups in total. The van der Waals surface area contributed by atoms with Gasteiger partial charge in [0.25, 0.3) is 0 Å². The lowest BCUT2D eigenvalue weighted by molar-refractivity contribution is 0.0571. The van der Waals surface area contributed by atoms with E-state index < -0.39 is 0 Å². The van der Waals surface area contributed by atoms with Crippen LogP contribution in [0.15, 0.2) is 24.3 Å². The van der Waals surface area contributed by atoms with Crippen molar-refractivity contribution >= 4 is 0 Å². The summed E-state index contributed by atoms with van der Waals surface area (Å²) in [6, 6.07) is 9.06. The fourth-order valence-electron chi connectivity index (χ4n) is 3.58. The van der Waals surface area contributed by atoms with Gasteiger partial charge >= 0.3 is 0 Å². The minimum atomic E-state index is 0.250. The topological polar surface area (TPSA) is 21.7 Å². The molecule has 1 aliphatic rings. The van der Waals surface area contributed by atoms with Crippen LogP contribution in [-0.4, -0.2) is 51.5 Å². The van der Waals surface area contributed by atoms with Crippen molar-refractivity contribution in [1.82, 2.24) is 4.90 Å². The van der Waals surface area contributed by atoms with Crippen LogP contribution < -0.4 is 0 Å². The zero-order valence-electron chi connectivity index (χ0n) is 16.7. The molecule has 142 valence electrons. The summed E-state index contributed by atoms with van der Waals surface area (Å²) in [5, 5.41) is 0. The molecule has 1 fully saturated rings. The van der Waals surface area contributed by atoms with Gasteiger partial charge in [0.2, 0.25) is 0 Å². The highest BCUT2D eigenvalue weighted by atomic mass is 16.5. The zero-order valence-corrected chi connectivity index (χ0v) is 16.7. The van der Waals surface area contributed by atoms with Crippen molar-refractivity contribution in [3.63, 3.8) is 0 Å². The highest BCUT2D eigenvalue weighted by molar-refractivity contribution is 5.27. The Morgan fingerprint density at radius 2 is 1.72 bits per heavy atom. The van der Waals surface area contributed by atoms with Gasteiger partial charge in [-0.05, 0) is 69.1 Å². The second kappa shape index (κ2) is 10.3. The molecular formula is C22H37NO2. The highest BCUT2D eigenvalue weighted by Crippen LogP contribution is 2.28. The average Bonchev–Trinajstić information content (AvgIpc) is 2.61. The molecule has 0 aromatic heterocycles. The number of benzene rings is 1. The van der Waals surface area contributed by atoms with Crippen LogP contribution in [0.4, 0.5) is 0 Å². The quantitative estimate of drug-likeness (QED) is 0.585. The number of likely N-dealkylation sites (tertiary alicyclic amines) is 1. The van der Waals surface area contributed by atoms with Gasteiger partial charge in [0.05, 0.1) is 13.2 Å². The van der Waals surface area contributed by atoms with Crippen LogP contribution in [0.5, 0.6) is 0 Å². The maximum absolute atomic E-state index is 5.61. The van der Waals surface area contributed by atoms with Gasteiger partial charge in [0.15, 0.2) is 0 Å². The molecule has 1 saturated heterocycles. The first-order chi connectivity index (χ1) is 12.0. The third-order valence-corrected chi connectivity index (χ3v) is 5.70. The minimum absolute atomic E-state index is 0.250. The second-order valence-electron chi connectivity index (χ2n) is 8.18. The summed E-state index contributed by atoms with van der Waals surface area (Å²) in [5.41, 5.74) is 3.05. The van der Waals surface area contributed by atoms with Crippen LogP contribution in [0.3, 0.4) is 0 Å². The maximum atomic E-state index is 5.61. The average molecular weight is 348 g/mol. The third-order valence-electron chi connectivity index (χ3n) is 5.70. The lowest BCUT2D eigenvalue weighted by Gasteiger charge is -2.34. The Kier molecular flexibility index (Phi) is 8.41. The SMILES string of the molecule is COCCOCCC1CCN(CCC(C)(C)c2ccc(C)cc2)CC1. The number of ether oxygens (including phenoxy) is 2. The van der Waals surface area contributed by atoms with Gasteiger partial charge in [-0.3, -0.25) is 0 Å². The van der Waals surface area contributed by atoms with Crippen molar-refractivity contribution in [2.45, 2.75) is 51.9 Å². The molecule has 1 aliphatic heterocycles. The second-order valence-corrected chi connectivity index (χ2v) is 8.18. The fraction of sp³-hybridized carbons (Fsp3) is 0.727. The van der Waals surface area contributed by atoms with Gasteiger partial charge in [-0.25, -0.2) is 0 Å². The van der Waals surface area contributed by atoms with Gasteiger partial charge in [-0.15, -0.1) is 0 Å². The Labute approximate surface area is 154 Å². The van der Waals surface area contributed by atoms with Crippen molar-refractivity contribution in [1.29, 1.82) is 0 Å². The van der Waals surface area contributed by atoms with Crippen molar-refractivity contribution in [2.75, 3.05) is 46.6 Å². The predicted molar refractivity (Wildman–Crippen MR) is 105 cm³/mol. The lowest BCUT2D eigenvalue weighted by atomic mass is 9.81. The molecule has 3 heteroatoms. The zero-order chi connectivity index (χ0) is 18.1. The van der Waals surface area contributed by atoms with E-state index in [1.807, 2.05) is 0 Å². The van der Waals surface area contributed by atoms with Crippen LogP contribution in [0.2, 0.25) is 0 Å². The minimum Gasteiger partial charge on any atom is -0.382 e. The van der Waals surface area contributed by atoms with E-state index in [0.717, 1.165) is 19.1 Å². The number of methoxy groups -OCH3 is 1. The summed E-state index contributed by atoms with van der Waals surface area (Å²) in [7, 11) is 1.72. The van der Waals surface area contributed by atoms with E-state index in [9.17, 15) is 0 Å². The van der Waals surface area contributed by atoms with E-state index >= 15 is 0 Å². The maximum Gasteiger partial charge on any atom is 0.0700 e. The fourth-order valence-corrected chi connectivity index (χ4v) is 3.58. The smallest absolute Gasteiger partial charge is 0.0700 e. The molecule has 0 bridgehead atoms. The first-order valence-corrected chi connectivity index (χ1v) is 9.87. The van der Waals surface area contributed by atoms with Gasteiger partial charge in [0, 0.05) is 13.7 Å². The van der Waals surface area contributed by atoms with Gasteiger partial charge in [0.1, 0.15) is 0 Å². The summed E-state index contributed by atoms with van der Waals surface area (Å²) in [4.78, 5) is 2.65. The standard InChI is InChI=1S/C22H37NO2/c1-19-5-7-21(8-6-19)22(2,3)12-15-23-13-9-20(10-14-23)11-16-25-18-17-24-4/h5-8,20H,9-18H2,1-4H3. The monoisotopic (exact) mass is 347 g/mol. The van der Waals surface area contributed by atoms with Crippen LogP contribution in [0.25, 0.3) is 0 Å². The number of rotatable bonds is 10. The first-order valence-electron chi connectivity index (χ1n) is 9.87. The van der Waals surface area contributed by atoms with Gasteiger partial charge in [-0.1, -0.05) is 43.7 Å². The van der Waals surface area contributed by atoms with E-state index in [1.54, 1.807) is 7.11 Å². The summed E-state index contributed by atoms with van der Waals surface area (Å²) in [6.07, 6.45) is 5.06. The largest absolute Gasteiger partial charge is 0.382 e. The Morgan fingerprint density at radius 1 is 1.04 bits per heavy atom. The van der Waals surface area contributed by atoms with E-state index in [4.69, 9.17) is 9.47 Å². The van der Waals surface area contributed by atoms with Crippen LogP contribution in [0, 0.1) is 12.8 Å². The molecule has 0 radical (unpaired) electrons. The van der Waals surface area contributed by atoms with Gasteiger partial charge < -0.3 is 14.4 Å². The Hall–Kier alpha value is -0.900. The first kappa shape index (κ1) is 20.4. The van der Waals surface area contributed by atoms with E-state index in [2.05, 4.69) is 49.9 Å². The molecule has 1 aromatic carbocycles. The highest BCUT2D eigenvalue weighted by Gasteiger charge is 2.24. The normalized spacial score (nSPS) is 17.1. The number of piperidine rings is 1. The molecule has 1 aromatic rings. The molecule has 0 aliphatic carbocycles. The summed E-state index contributed by atoms with van der Waals surface area (Å²) >= 11 is 0. The van der Waals surface area contributed by atoms with Crippen molar-refractivity contribution in [3.05, 3.63) is 35.4 Å². The van der Waals surface area contributed by atoms with Crippen molar-refractivity contribution in [2.24, 2.45) is 5.92 Å². The van der Waals surface area contributed by atoms with E-state index in [1.165, 1.54) is 56.4 Å². The Morgan fingerprint density at radius 3 is 2.36 bits per heavy atom. The van der Waals surface area contributed by atoms with Gasteiger partial charge in [-0.2, -0.15) is 0 Å². The predicted octanol–water partition coefficient (Wildman–Crippen LogP) is 4.43. The number of nitrogens with zero attached hydrogens (tertiary/aromatic N) is 1. The lowest BCUT2D eigenvalue weighted by Crippen LogP contribution is -2.37. The summed E-state index contributed by atoms with van der Waals surface area (Å²) in [5.74, 6) is 0.837. The molecule has 0 amide bonds. The molecule has 25 heavy (non-hydrogen) atoms. The molecule has 2 rings (SSSR count). The van der Waals surface area contributed by atoms with Crippen LogP contribution in [-0.2, 0) is 14.9 Å². The molecule has 1 heterocycles. The Balaban J connectivity index is 1.65. The number of aryl methyl sites for hydroxylation is 1. The molecular weight excluding hydrogens is 310 g/mol. The molecule has 0 spiro atoms. The summed E-state index contributed by atoms with van der Waals surface area (Å²) in [6.45, 7) is 12.9.